The second-order valence-corrected chi connectivity index (χ2v) is 4.38. The molecule has 1 fully saturated rings. The van der Waals surface area contributed by atoms with Crippen molar-refractivity contribution in [2.24, 2.45) is 0 Å². The van der Waals surface area contributed by atoms with Gasteiger partial charge in [0.05, 0.1) is 6.04 Å². The Balaban J connectivity index is 2.45. The van der Waals surface area contributed by atoms with E-state index in [1.165, 1.54) is 0 Å². The van der Waals surface area contributed by atoms with Crippen LogP contribution in [0.15, 0.2) is 0 Å². The van der Waals surface area contributed by atoms with Crippen molar-refractivity contribution in [1.29, 1.82) is 0 Å². The first-order chi connectivity index (χ1) is 5.49. The average molecular weight is 170 g/mol. The Kier molecular flexibility index (Phi) is 2.73. The maximum Gasteiger partial charge on any atom is 0.237 e. The lowest BCUT2D eigenvalue weighted by atomic mass is 10.0. The van der Waals surface area contributed by atoms with Crippen LogP contribution in [0, 0.1) is 0 Å². The lowest BCUT2D eigenvalue weighted by molar-refractivity contribution is -0.125. The van der Waals surface area contributed by atoms with Gasteiger partial charge in [0.1, 0.15) is 0 Å². The van der Waals surface area contributed by atoms with Crippen molar-refractivity contribution in [1.82, 2.24) is 10.6 Å². The number of carbonyl (C=O) groups is 1. The summed E-state index contributed by atoms with van der Waals surface area (Å²) in [7, 11) is 0. The van der Waals surface area contributed by atoms with Crippen molar-refractivity contribution in [2.45, 2.75) is 45.2 Å². The Morgan fingerprint density at radius 3 is 2.67 bits per heavy atom. The van der Waals surface area contributed by atoms with Crippen LogP contribution in [0.1, 0.15) is 33.6 Å². The van der Waals surface area contributed by atoms with Crippen molar-refractivity contribution >= 4 is 5.91 Å². The van der Waals surface area contributed by atoms with Gasteiger partial charge in [0.25, 0.3) is 0 Å². The van der Waals surface area contributed by atoms with E-state index in [9.17, 15) is 4.79 Å². The first-order valence-electron chi connectivity index (χ1n) is 4.54. The summed E-state index contributed by atoms with van der Waals surface area (Å²) in [5.74, 6) is 0.149. The van der Waals surface area contributed by atoms with E-state index < -0.39 is 0 Å². The lowest BCUT2D eigenvalue weighted by Gasteiger charge is -2.30. The molecule has 1 unspecified atom stereocenters. The smallest absolute Gasteiger partial charge is 0.237 e. The molecule has 1 heterocycles. The molecule has 1 rings (SSSR count). The molecule has 1 aliphatic heterocycles. The summed E-state index contributed by atoms with van der Waals surface area (Å²) in [5, 5.41) is 6.15. The van der Waals surface area contributed by atoms with E-state index in [0.29, 0.717) is 0 Å². The molecule has 0 aromatic carbocycles. The first-order valence-corrected chi connectivity index (χ1v) is 4.54. The third-order valence-electron chi connectivity index (χ3n) is 1.89. The number of rotatable bonds is 1. The molecule has 0 saturated carbocycles. The molecule has 70 valence electrons. The van der Waals surface area contributed by atoms with Crippen LogP contribution in [0.25, 0.3) is 0 Å². The Labute approximate surface area is 73.9 Å². The van der Waals surface area contributed by atoms with Gasteiger partial charge in [0, 0.05) is 12.1 Å². The normalized spacial score (nSPS) is 25.2. The van der Waals surface area contributed by atoms with Gasteiger partial charge in [-0.25, -0.2) is 0 Å². The predicted molar refractivity (Wildman–Crippen MR) is 48.9 cm³/mol. The van der Waals surface area contributed by atoms with Crippen LogP contribution in [-0.4, -0.2) is 24.0 Å². The van der Waals surface area contributed by atoms with E-state index in [2.05, 4.69) is 31.4 Å². The Bertz CT molecular complexity index is 172. The molecule has 0 spiro atoms. The average Bonchev–Trinajstić information content (AvgIpc) is 1.91. The van der Waals surface area contributed by atoms with Crippen LogP contribution in [-0.2, 0) is 4.79 Å². The van der Waals surface area contributed by atoms with Crippen molar-refractivity contribution in [3.05, 3.63) is 0 Å². The number of hydrogen-bond donors (Lipinski definition) is 2. The zero-order valence-electron chi connectivity index (χ0n) is 8.11. The predicted octanol–water partition coefficient (Wildman–Crippen LogP) is 0.653. The quantitative estimate of drug-likeness (QED) is 0.607. The summed E-state index contributed by atoms with van der Waals surface area (Å²) in [6.45, 7) is 7.07. The maximum atomic E-state index is 11.3. The third kappa shape index (κ3) is 2.81. The SMILES string of the molecule is CC(C)(C)NC1CCCNC1=O. The van der Waals surface area contributed by atoms with Crippen LogP contribution in [0.4, 0.5) is 0 Å². The zero-order valence-corrected chi connectivity index (χ0v) is 8.11. The molecule has 12 heavy (non-hydrogen) atoms. The van der Waals surface area contributed by atoms with E-state index in [-0.39, 0.29) is 17.5 Å². The van der Waals surface area contributed by atoms with Crippen molar-refractivity contribution in [3.8, 4) is 0 Å². The van der Waals surface area contributed by atoms with E-state index >= 15 is 0 Å². The highest BCUT2D eigenvalue weighted by atomic mass is 16.2. The monoisotopic (exact) mass is 170 g/mol. The van der Waals surface area contributed by atoms with Gasteiger partial charge in [0.15, 0.2) is 0 Å². The van der Waals surface area contributed by atoms with Gasteiger partial charge in [-0.1, -0.05) is 0 Å². The highest BCUT2D eigenvalue weighted by Crippen LogP contribution is 2.08. The summed E-state index contributed by atoms with van der Waals surface area (Å²) in [4.78, 5) is 11.3. The van der Waals surface area contributed by atoms with E-state index in [1.807, 2.05) is 0 Å². The zero-order chi connectivity index (χ0) is 9.19. The molecule has 1 saturated heterocycles. The molecule has 3 nitrogen and oxygen atoms in total. The first kappa shape index (κ1) is 9.52. The van der Waals surface area contributed by atoms with Crippen LogP contribution >= 0.6 is 0 Å². The van der Waals surface area contributed by atoms with Crippen molar-refractivity contribution < 1.29 is 4.79 Å². The van der Waals surface area contributed by atoms with Gasteiger partial charge < -0.3 is 10.6 Å². The fraction of sp³-hybridized carbons (Fsp3) is 0.889. The molecule has 0 aromatic rings. The molecule has 3 heteroatoms. The highest BCUT2D eigenvalue weighted by Gasteiger charge is 2.25. The summed E-state index contributed by atoms with van der Waals surface area (Å²) < 4.78 is 0. The lowest BCUT2D eigenvalue weighted by Crippen LogP contribution is -2.54. The van der Waals surface area contributed by atoms with Gasteiger partial charge >= 0.3 is 0 Å². The van der Waals surface area contributed by atoms with E-state index in [1.54, 1.807) is 0 Å². The number of nitrogens with one attached hydrogen (secondary N) is 2. The maximum absolute atomic E-state index is 11.3. The molecular weight excluding hydrogens is 152 g/mol. The minimum absolute atomic E-state index is 0.0127. The summed E-state index contributed by atoms with van der Waals surface area (Å²) in [5.41, 5.74) is 0.0271. The highest BCUT2D eigenvalue weighted by molar-refractivity contribution is 5.82. The molecule has 1 atom stereocenters. The minimum Gasteiger partial charge on any atom is -0.355 e. The number of hydrogen-bond acceptors (Lipinski definition) is 2. The third-order valence-corrected chi connectivity index (χ3v) is 1.89. The summed E-state index contributed by atoms with van der Waals surface area (Å²) >= 11 is 0. The standard InChI is InChI=1S/C9H18N2O/c1-9(2,3)11-7-5-4-6-10-8(7)12/h7,11H,4-6H2,1-3H3,(H,10,12). The van der Waals surface area contributed by atoms with Crippen molar-refractivity contribution in [3.63, 3.8) is 0 Å². The molecule has 0 radical (unpaired) electrons. The Morgan fingerprint density at radius 1 is 1.50 bits per heavy atom. The molecule has 2 N–H and O–H groups in total. The van der Waals surface area contributed by atoms with Gasteiger partial charge in [-0.2, -0.15) is 0 Å². The van der Waals surface area contributed by atoms with Crippen LogP contribution in [0.5, 0.6) is 0 Å². The second kappa shape index (κ2) is 3.44. The fourth-order valence-corrected chi connectivity index (χ4v) is 1.43. The molecule has 1 aliphatic rings. The van der Waals surface area contributed by atoms with Crippen molar-refractivity contribution in [2.75, 3.05) is 6.54 Å². The fourth-order valence-electron chi connectivity index (χ4n) is 1.43. The molecule has 0 aliphatic carbocycles. The van der Waals surface area contributed by atoms with E-state index in [0.717, 1.165) is 19.4 Å². The number of piperidine rings is 1. The van der Waals surface area contributed by atoms with Crippen LogP contribution in [0.3, 0.4) is 0 Å². The molecule has 1 amide bonds. The number of carbonyl (C=O) groups excluding carboxylic acids is 1. The largest absolute Gasteiger partial charge is 0.355 e. The van der Waals surface area contributed by atoms with Gasteiger partial charge in [-0.15, -0.1) is 0 Å². The topological polar surface area (TPSA) is 41.1 Å². The summed E-state index contributed by atoms with van der Waals surface area (Å²) in [6.07, 6.45) is 2.04. The van der Waals surface area contributed by atoms with Gasteiger partial charge in [0.2, 0.25) is 5.91 Å². The molecule has 0 bridgehead atoms. The minimum atomic E-state index is 0.0127. The number of amides is 1. The van der Waals surface area contributed by atoms with Crippen LogP contribution in [0.2, 0.25) is 0 Å². The molecule has 0 aromatic heterocycles. The molecular formula is C9H18N2O. The Morgan fingerprint density at radius 2 is 2.17 bits per heavy atom. The van der Waals surface area contributed by atoms with Crippen LogP contribution < -0.4 is 10.6 Å². The Hall–Kier alpha value is -0.570. The van der Waals surface area contributed by atoms with Gasteiger partial charge in [-0.05, 0) is 33.6 Å². The van der Waals surface area contributed by atoms with E-state index in [4.69, 9.17) is 0 Å². The summed E-state index contributed by atoms with van der Waals surface area (Å²) in [6, 6.07) is 0.0127. The van der Waals surface area contributed by atoms with Gasteiger partial charge in [-0.3, -0.25) is 4.79 Å². The second-order valence-electron chi connectivity index (χ2n) is 4.38.